The minimum Gasteiger partial charge on any atom is -0.476 e. The van der Waals surface area contributed by atoms with Gasteiger partial charge in [0.2, 0.25) is 0 Å². The first kappa shape index (κ1) is 52.9. The van der Waals surface area contributed by atoms with E-state index in [2.05, 4.69) is 30.6 Å². The maximum Gasteiger partial charge on any atom is 0.410 e. The lowest BCUT2D eigenvalue weighted by Crippen LogP contribution is -2.38. The van der Waals surface area contributed by atoms with Crippen molar-refractivity contribution in [3.63, 3.8) is 0 Å². The summed E-state index contributed by atoms with van der Waals surface area (Å²) in [5.74, 6) is 8.91. The molecule has 2 aromatic carbocycles. The van der Waals surface area contributed by atoms with Crippen molar-refractivity contribution in [2.45, 2.75) is 90.5 Å². The number of carbonyl (C=O) groups excluding carboxylic acids is 5. The van der Waals surface area contributed by atoms with E-state index in [0.29, 0.717) is 55.7 Å². The zero-order valence-electron chi connectivity index (χ0n) is 41.3. The van der Waals surface area contributed by atoms with Gasteiger partial charge < -0.3 is 42.6 Å². The van der Waals surface area contributed by atoms with Crippen LogP contribution in [-0.2, 0) is 9.47 Å². The van der Waals surface area contributed by atoms with Crippen LogP contribution >= 0.6 is 0 Å². The fourth-order valence-corrected chi connectivity index (χ4v) is 8.24. The highest BCUT2D eigenvalue weighted by molar-refractivity contribution is 6.05. The predicted octanol–water partition coefficient (Wildman–Crippen LogP) is 7.04. The molecule has 0 saturated carbocycles. The number of nitrogen functional groups attached to an aromatic ring is 2. The monoisotopic (exact) mass is 1020 g/mol. The second-order valence-electron chi connectivity index (χ2n) is 19.2. The molecule has 0 unspecified atom stereocenters. The van der Waals surface area contributed by atoms with Crippen molar-refractivity contribution in [2.24, 2.45) is 5.73 Å². The van der Waals surface area contributed by atoms with Crippen LogP contribution in [0.3, 0.4) is 0 Å². The lowest BCUT2D eigenvalue weighted by molar-refractivity contribution is 0.0206. The third-order valence-corrected chi connectivity index (χ3v) is 11.4. The standard InChI is InChI=1S/C25H28FN7O4.C25H27FN6O5/c1-25(2,3)37-24(36)32-12-4-5-17(32)22-31-19(20(21(27)34)33(22)28)14-6-8-15(9-7-14)23(35)30-18-13-16(26)10-11-29-18;1-25(2,3)37-24(36)31-12-4-5-17(31)21-30-19(20(23(34)35)32(21)27)14-6-8-15(9-7-14)22(33)29-18-13-16(26)10-11-28-18/h6-11,13,17H,4-5,12,28H2,1-3H3,(H2,27,34)(H,29,30,35);6-11,13,17H,4-5,12,27H2,1-3H3,(H,34,35)(H,28,29,33)/t2*17-/m00/s1. The predicted molar refractivity (Wildman–Crippen MR) is 265 cm³/mol. The molecule has 22 nitrogen and oxygen atoms in total. The van der Waals surface area contributed by atoms with Gasteiger partial charge in [-0.25, -0.2) is 52.5 Å². The minimum atomic E-state index is -1.29. The first-order valence-corrected chi connectivity index (χ1v) is 23.2. The molecule has 24 heteroatoms. The average molecular weight is 1020 g/mol. The number of primary amides is 1. The zero-order valence-corrected chi connectivity index (χ0v) is 41.3. The van der Waals surface area contributed by atoms with Crippen LogP contribution in [0.5, 0.6) is 0 Å². The lowest BCUT2D eigenvalue weighted by atomic mass is 10.1. The highest BCUT2D eigenvalue weighted by Crippen LogP contribution is 2.37. The molecule has 2 fully saturated rings. The van der Waals surface area contributed by atoms with Crippen LogP contribution in [0.4, 0.5) is 30.0 Å². The number of nitrogens with one attached hydrogen (secondary N) is 2. The number of carboxylic acid groups (broad SMARTS) is 1. The summed E-state index contributed by atoms with van der Waals surface area (Å²) in [6.07, 6.45) is 3.96. The van der Waals surface area contributed by atoms with Gasteiger partial charge >= 0.3 is 18.2 Å². The molecule has 0 radical (unpaired) electrons. The maximum absolute atomic E-state index is 13.4. The summed E-state index contributed by atoms with van der Waals surface area (Å²) >= 11 is 0. The SMILES string of the molecule is CC(C)(C)OC(=O)N1CCC[C@H]1c1nc(-c2ccc(C(=O)Nc3cc(F)ccn3)cc2)c(C(=O)O)n1N.CC(C)(C)OC(=O)N1CCC[C@H]1c1nc(-c2ccc(C(=O)Nc3cc(F)ccn3)cc2)c(C(N)=O)n1N. The van der Waals surface area contributed by atoms with E-state index in [0.717, 1.165) is 27.6 Å². The molecule has 0 bridgehead atoms. The highest BCUT2D eigenvalue weighted by Gasteiger charge is 2.39. The summed E-state index contributed by atoms with van der Waals surface area (Å²) < 4.78 is 39.9. The largest absolute Gasteiger partial charge is 0.476 e. The number of aromatic nitrogens is 6. The Kier molecular flexibility index (Phi) is 15.3. The fourth-order valence-electron chi connectivity index (χ4n) is 8.24. The molecule has 6 heterocycles. The van der Waals surface area contributed by atoms with Gasteiger partial charge in [0.1, 0.15) is 45.9 Å². The van der Waals surface area contributed by atoms with Crippen LogP contribution in [0.25, 0.3) is 22.5 Å². The van der Waals surface area contributed by atoms with Crippen molar-refractivity contribution < 1.29 is 52.1 Å². The van der Waals surface area contributed by atoms with E-state index >= 15 is 0 Å². The summed E-state index contributed by atoms with van der Waals surface area (Å²) in [6, 6.07) is 15.7. The van der Waals surface area contributed by atoms with E-state index in [1.807, 2.05) is 0 Å². The average Bonchev–Trinajstić information content (AvgIpc) is 4.14. The minimum absolute atomic E-state index is 0.0350. The first-order chi connectivity index (χ1) is 34.9. The van der Waals surface area contributed by atoms with E-state index in [1.54, 1.807) is 58.6 Å². The van der Waals surface area contributed by atoms with E-state index < -0.39 is 70.8 Å². The molecule has 2 aliphatic rings. The van der Waals surface area contributed by atoms with Crippen LogP contribution in [0, 0.1) is 11.6 Å². The van der Waals surface area contributed by atoms with Crippen LogP contribution < -0.4 is 28.1 Å². The summed E-state index contributed by atoms with van der Waals surface area (Å²) in [7, 11) is 0. The fraction of sp³-hybridized carbons (Fsp3) is 0.320. The van der Waals surface area contributed by atoms with Gasteiger partial charge in [-0.15, -0.1) is 0 Å². The smallest absolute Gasteiger partial charge is 0.410 e. The second-order valence-corrected chi connectivity index (χ2v) is 19.2. The number of hydrogen-bond donors (Lipinski definition) is 6. The topological polar surface area (TPSA) is 311 Å². The third-order valence-electron chi connectivity index (χ3n) is 11.4. The number of halogens is 2. The summed E-state index contributed by atoms with van der Waals surface area (Å²) in [6.45, 7) is 11.5. The number of nitrogens with two attached hydrogens (primary N) is 3. The molecule has 5 amide bonds. The van der Waals surface area contributed by atoms with Gasteiger partial charge in [-0.05, 0) is 104 Å². The number of rotatable bonds is 10. The molecule has 0 aliphatic carbocycles. The van der Waals surface area contributed by atoms with Crippen LogP contribution in [0.2, 0.25) is 0 Å². The number of anilines is 2. The Balaban J connectivity index is 0.000000216. The van der Waals surface area contributed by atoms with E-state index in [1.165, 1.54) is 59.8 Å². The molecule has 2 saturated heterocycles. The molecular weight excluding hydrogens is 965 g/mol. The summed E-state index contributed by atoms with van der Waals surface area (Å²) in [5.41, 5.74) is 5.70. The maximum atomic E-state index is 13.4. The number of carboxylic acids is 1. The summed E-state index contributed by atoms with van der Waals surface area (Å²) in [4.78, 5) is 95.0. The Bertz CT molecular complexity index is 2900. The van der Waals surface area contributed by atoms with Gasteiger partial charge in [0.15, 0.2) is 23.0 Å². The van der Waals surface area contributed by atoms with Crippen molar-refractivity contribution in [1.82, 2.24) is 39.1 Å². The quantitative estimate of drug-likeness (QED) is 0.0750. The van der Waals surface area contributed by atoms with Crippen molar-refractivity contribution in [2.75, 3.05) is 35.4 Å². The Hall–Kier alpha value is -8.96. The van der Waals surface area contributed by atoms with Gasteiger partial charge in [-0.1, -0.05) is 24.3 Å². The Morgan fingerprint density at radius 3 is 1.35 bits per heavy atom. The Morgan fingerprint density at radius 1 is 0.622 bits per heavy atom. The van der Waals surface area contributed by atoms with Gasteiger partial charge in [0.25, 0.3) is 17.7 Å². The molecule has 388 valence electrons. The lowest BCUT2D eigenvalue weighted by Gasteiger charge is -2.28. The Morgan fingerprint density at radius 2 is 1.00 bits per heavy atom. The van der Waals surface area contributed by atoms with E-state index in [4.69, 9.17) is 26.9 Å². The zero-order chi connectivity index (χ0) is 53.8. The van der Waals surface area contributed by atoms with Crippen LogP contribution in [0.1, 0.15) is 133 Å². The molecule has 2 atom stereocenters. The Labute approximate surface area is 422 Å². The number of nitrogens with zero attached hydrogens (tertiary/aromatic N) is 8. The van der Waals surface area contributed by atoms with Crippen molar-refractivity contribution >= 4 is 47.5 Å². The van der Waals surface area contributed by atoms with Gasteiger partial charge in [0.05, 0.1) is 12.1 Å². The van der Waals surface area contributed by atoms with Gasteiger partial charge in [0, 0.05) is 59.9 Å². The molecule has 4 aromatic heterocycles. The van der Waals surface area contributed by atoms with Gasteiger partial charge in [-0.2, -0.15) is 0 Å². The summed E-state index contributed by atoms with van der Waals surface area (Å²) in [5, 5.41) is 14.9. The normalized spacial score (nSPS) is 15.5. The van der Waals surface area contributed by atoms with Crippen molar-refractivity contribution in [3.05, 3.63) is 131 Å². The van der Waals surface area contributed by atoms with E-state index in [-0.39, 0.29) is 51.4 Å². The number of imidazole rings is 2. The van der Waals surface area contributed by atoms with Crippen LogP contribution in [0.15, 0.2) is 85.2 Å². The number of carbonyl (C=O) groups is 6. The number of pyridine rings is 2. The van der Waals surface area contributed by atoms with Gasteiger partial charge in [-0.3, -0.25) is 24.2 Å². The highest BCUT2D eigenvalue weighted by atomic mass is 19.1. The second kappa shape index (κ2) is 21.4. The number of likely N-dealkylation sites (tertiary alicyclic amines) is 2. The van der Waals surface area contributed by atoms with Crippen LogP contribution in [-0.4, -0.2) is 104 Å². The number of hydrogen-bond acceptors (Lipinski definition) is 14. The third kappa shape index (κ3) is 12.2. The number of aromatic carboxylic acids is 1. The molecular formula is C50H55F2N13O9. The molecule has 0 spiro atoms. The number of ether oxygens (including phenoxy) is 2. The van der Waals surface area contributed by atoms with Crippen molar-refractivity contribution in [3.8, 4) is 22.5 Å². The molecule has 74 heavy (non-hydrogen) atoms. The first-order valence-electron chi connectivity index (χ1n) is 23.2. The molecule has 2 aliphatic heterocycles. The molecule has 8 rings (SSSR count). The molecule has 9 N–H and O–H groups in total. The number of benzene rings is 2. The molecule has 6 aromatic rings. The number of amides is 5. The van der Waals surface area contributed by atoms with Crippen molar-refractivity contribution in [1.29, 1.82) is 0 Å². The van der Waals surface area contributed by atoms with E-state index in [9.17, 15) is 42.7 Å².